The second-order valence-corrected chi connectivity index (χ2v) is 5.22. The Kier molecular flexibility index (Phi) is 6.19. The van der Waals surface area contributed by atoms with Gasteiger partial charge in [-0.1, -0.05) is 58.0 Å². The van der Waals surface area contributed by atoms with Gasteiger partial charge in [-0.15, -0.1) is 0 Å². The predicted molar refractivity (Wildman–Crippen MR) is 73.9 cm³/mol. The standard InChI is InChI=1S/C7HCl5O3S2/c8-1-2(9)4(11)6(5(12)3(1)10)17-15-7(13)14-16/h16H. The molecule has 3 nitrogen and oxygen atoms in total. The van der Waals surface area contributed by atoms with Crippen LogP contribution < -0.4 is 0 Å². The Hall–Kier alpha value is 0.640. The van der Waals surface area contributed by atoms with Crippen molar-refractivity contribution >= 4 is 89.1 Å². The molecule has 0 saturated heterocycles. The van der Waals surface area contributed by atoms with Gasteiger partial charge in [0.25, 0.3) is 0 Å². The number of carbonyl (C=O) groups is 1. The van der Waals surface area contributed by atoms with Gasteiger partial charge < -0.3 is 8.37 Å². The molecule has 0 aliphatic rings. The van der Waals surface area contributed by atoms with Crippen molar-refractivity contribution in [1.29, 1.82) is 0 Å². The van der Waals surface area contributed by atoms with Crippen LogP contribution in [0, 0.1) is 0 Å². The van der Waals surface area contributed by atoms with Crippen LogP contribution in [-0.4, -0.2) is 6.16 Å². The minimum Gasteiger partial charge on any atom is -0.362 e. The van der Waals surface area contributed by atoms with Crippen molar-refractivity contribution < 1.29 is 13.2 Å². The Labute approximate surface area is 131 Å². The summed E-state index contributed by atoms with van der Waals surface area (Å²) in [6, 6.07) is 0. The molecule has 0 spiro atoms. The average molecular weight is 374 g/mol. The van der Waals surface area contributed by atoms with Gasteiger partial charge in [0.1, 0.15) is 12.0 Å². The maximum atomic E-state index is 10.7. The second kappa shape index (κ2) is 6.70. The van der Waals surface area contributed by atoms with Crippen LogP contribution in [0.2, 0.25) is 25.1 Å². The molecule has 94 valence electrons. The first-order valence-corrected chi connectivity index (χ1v) is 6.61. The third-order valence-corrected chi connectivity index (χ3v) is 4.88. The summed E-state index contributed by atoms with van der Waals surface area (Å²) < 4.78 is 8.51. The van der Waals surface area contributed by atoms with Gasteiger partial charge in [0.2, 0.25) is 0 Å². The number of carbonyl (C=O) groups excluding carboxylic acids is 1. The van der Waals surface area contributed by atoms with Crippen molar-refractivity contribution in [3.63, 3.8) is 0 Å². The van der Waals surface area contributed by atoms with E-state index >= 15 is 0 Å². The van der Waals surface area contributed by atoms with E-state index in [1.165, 1.54) is 0 Å². The van der Waals surface area contributed by atoms with E-state index in [1.54, 1.807) is 0 Å². The summed E-state index contributed by atoms with van der Waals surface area (Å²) in [4.78, 5) is 10.9. The summed E-state index contributed by atoms with van der Waals surface area (Å²) in [5.74, 6) is 0. The topological polar surface area (TPSA) is 35.5 Å². The van der Waals surface area contributed by atoms with Crippen LogP contribution in [0.4, 0.5) is 4.79 Å². The van der Waals surface area contributed by atoms with E-state index in [0.717, 1.165) is 0 Å². The van der Waals surface area contributed by atoms with Crippen molar-refractivity contribution in [2.45, 2.75) is 4.90 Å². The van der Waals surface area contributed by atoms with Crippen molar-refractivity contribution in [3.8, 4) is 0 Å². The van der Waals surface area contributed by atoms with Gasteiger partial charge in [0.15, 0.2) is 0 Å². The second-order valence-electron chi connectivity index (χ2n) is 2.41. The molecule has 0 atom stereocenters. The molecule has 0 aromatic heterocycles. The number of hydrogen-bond donors (Lipinski definition) is 1. The Morgan fingerprint density at radius 1 is 0.941 bits per heavy atom. The lowest BCUT2D eigenvalue weighted by Gasteiger charge is -2.10. The summed E-state index contributed by atoms with van der Waals surface area (Å²) in [5.41, 5.74) is 0. The first-order chi connectivity index (χ1) is 7.90. The number of halogens is 5. The predicted octanol–water partition coefficient (Wildman–Crippen LogP) is 5.96. The molecule has 1 aromatic carbocycles. The van der Waals surface area contributed by atoms with Crippen LogP contribution in [0.5, 0.6) is 0 Å². The fourth-order valence-electron chi connectivity index (χ4n) is 0.749. The molecular formula is C7HCl5O3S2. The number of benzene rings is 1. The highest BCUT2D eigenvalue weighted by Crippen LogP contribution is 2.48. The van der Waals surface area contributed by atoms with E-state index in [2.05, 4.69) is 21.3 Å². The van der Waals surface area contributed by atoms with Crippen molar-refractivity contribution in [2.75, 3.05) is 0 Å². The molecule has 0 aliphatic heterocycles. The lowest BCUT2D eigenvalue weighted by atomic mass is 10.3. The highest BCUT2D eigenvalue weighted by Gasteiger charge is 2.21. The van der Waals surface area contributed by atoms with Crippen LogP contribution in [0.1, 0.15) is 0 Å². The van der Waals surface area contributed by atoms with Crippen molar-refractivity contribution in [3.05, 3.63) is 25.1 Å². The quantitative estimate of drug-likeness (QED) is 0.300. The zero-order valence-electron chi connectivity index (χ0n) is 7.47. The molecule has 0 aliphatic carbocycles. The molecule has 0 N–H and O–H groups in total. The molecule has 0 unspecified atom stereocenters. The molecule has 0 bridgehead atoms. The molecule has 10 heteroatoms. The first kappa shape index (κ1) is 15.7. The molecule has 0 heterocycles. The van der Waals surface area contributed by atoms with E-state index in [1.807, 2.05) is 0 Å². The number of rotatable bonds is 2. The largest absolute Gasteiger partial charge is 0.533 e. The minimum atomic E-state index is -1.05. The molecule has 1 rings (SSSR count). The smallest absolute Gasteiger partial charge is 0.362 e. The van der Waals surface area contributed by atoms with Gasteiger partial charge in [0.05, 0.1) is 30.0 Å². The Morgan fingerprint density at radius 3 is 1.76 bits per heavy atom. The van der Waals surface area contributed by atoms with E-state index in [-0.39, 0.29) is 30.0 Å². The number of thiol groups is 1. The first-order valence-electron chi connectivity index (χ1n) is 3.61. The summed E-state index contributed by atoms with van der Waals surface area (Å²) >= 11 is 32.9. The highest BCUT2D eigenvalue weighted by atomic mass is 35.5. The summed E-state index contributed by atoms with van der Waals surface area (Å²) in [7, 11) is 0. The van der Waals surface area contributed by atoms with Crippen molar-refractivity contribution in [1.82, 2.24) is 0 Å². The third-order valence-electron chi connectivity index (χ3n) is 1.44. The van der Waals surface area contributed by atoms with Crippen LogP contribution in [-0.2, 0) is 8.37 Å². The molecule has 0 fully saturated rings. The fourth-order valence-corrected chi connectivity index (χ4v) is 2.81. The maximum absolute atomic E-state index is 10.7. The SMILES string of the molecule is O=C(OS)OSc1c(Cl)c(Cl)c(Cl)c(Cl)c1Cl. The third kappa shape index (κ3) is 3.56. The van der Waals surface area contributed by atoms with Crippen molar-refractivity contribution in [2.24, 2.45) is 0 Å². The summed E-state index contributed by atoms with van der Waals surface area (Å²) in [5, 5.41) is 0.0664. The summed E-state index contributed by atoms with van der Waals surface area (Å²) in [6.45, 7) is 0. The van der Waals surface area contributed by atoms with Gasteiger partial charge in [-0.3, -0.25) is 0 Å². The van der Waals surface area contributed by atoms with Gasteiger partial charge in [0, 0.05) is 12.9 Å². The fraction of sp³-hybridized carbons (Fsp3) is 0. The molecule has 0 radical (unpaired) electrons. The minimum absolute atomic E-state index is 0.00748. The number of hydrogen-bond acceptors (Lipinski definition) is 5. The zero-order valence-corrected chi connectivity index (χ0v) is 13.0. The van der Waals surface area contributed by atoms with Crippen LogP contribution in [0.3, 0.4) is 0 Å². The Morgan fingerprint density at radius 2 is 1.35 bits per heavy atom. The lowest BCUT2D eigenvalue weighted by molar-refractivity contribution is 0.170. The molecule has 1 aromatic rings. The van der Waals surface area contributed by atoms with E-state index < -0.39 is 6.16 Å². The van der Waals surface area contributed by atoms with Crippen LogP contribution >= 0.6 is 83.0 Å². The summed E-state index contributed by atoms with van der Waals surface area (Å²) in [6.07, 6.45) is -1.05. The van der Waals surface area contributed by atoms with E-state index in [0.29, 0.717) is 12.0 Å². The lowest BCUT2D eigenvalue weighted by Crippen LogP contribution is -1.95. The molecule has 0 amide bonds. The van der Waals surface area contributed by atoms with Gasteiger partial charge in [-0.25, -0.2) is 4.79 Å². The normalized spacial score (nSPS) is 10.2. The average Bonchev–Trinajstić information content (AvgIpc) is 2.33. The van der Waals surface area contributed by atoms with Gasteiger partial charge in [-0.05, 0) is 0 Å². The van der Waals surface area contributed by atoms with E-state index in [9.17, 15) is 4.79 Å². The molecular weight excluding hydrogens is 373 g/mol. The highest BCUT2D eigenvalue weighted by molar-refractivity contribution is 7.95. The van der Waals surface area contributed by atoms with Crippen LogP contribution in [0.15, 0.2) is 4.90 Å². The van der Waals surface area contributed by atoms with Crippen LogP contribution in [0.25, 0.3) is 0 Å². The monoisotopic (exact) mass is 372 g/mol. The maximum Gasteiger partial charge on any atom is 0.533 e. The Balaban J connectivity index is 3.12. The van der Waals surface area contributed by atoms with E-state index in [4.69, 9.17) is 58.0 Å². The molecule has 17 heavy (non-hydrogen) atoms. The van der Waals surface area contributed by atoms with Gasteiger partial charge in [-0.2, -0.15) is 0 Å². The molecule has 0 saturated carbocycles. The zero-order chi connectivity index (χ0) is 13.2. The van der Waals surface area contributed by atoms with Gasteiger partial charge >= 0.3 is 6.16 Å². The Bertz CT molecular complexity index is 438.